The molecule has 0 aliphatic rings. The van der Waals surface area contributed by atoms with Crippen LogP contribution in [0.25, 0.3) is 0 Å². The summed E-state index contributed by atoms with van der Waals surface area (Å²) in [4.78, 5) is 0.146. The maximum absolute atomic E-state index is 11.6. The molecule has 1 rings (SSSR count). The number of sulfonamides is 1. The van der Waals surface area contributed by atoms with Gasteiger partial charge in [-0.3, -0.25) is 0 Å². The van der Waals surface area contributed by atoms with Crippen LogP contribution in [0.5, 0.6) is 0 Å². The van der Waals surface area contributed by atoms with Gasteiger partial charge >= 0.3 is 0 Å². The molecule has 1 atom stereocenters. The molecule has 0 radical (unpaired) electrons. The molecule has 1 aromatic rings. The normalized spacial score (nSPS) is 13.3. The van der Waals surface area contributed by atoms with Crippen LogP contribution in [0.3, 0.4) is 0 Å². The van der Waals surface area contributed by atoms with Crippen molar-refractivity contribution in [3.8, 4) is 0 Å². The van der Waals surface area contributed by atoms with Gasteiger partial charge in [0.25, 0.3) is 0 Å². The first-order valence-electron chi connectivity index (χ1n) is 5.49. The molecule has 1 unspecified atom stereocenters. The number of anilines is 2. The summed E-state index contributed by atoms with van der Waals surface area (Å²) in [6.45, 7) is 2.48. The van der Waals surface area contributed by atoms with E-state index in [-0.39, 0.29) is 10.9 Å². The third-order valence-corrected chi connectivity index (χ3v) is 3.83. The lowest BCUT2D eigenvalue weighted by atomic mass is 10.2. The minimum Gasteiger partial charge on any atom is -0.397 e. The van der Waals surface area contributed by atoms with Crippen LogP contribution in [0, 0.1) is 0 Å². The van der Waals surface area contributed by atoms with Gasteiger partial charge < -0.3 is 15.8 Å². The lowest BCUT2D eigenvalue weighted by Crippen LogP contribution is -2.22. The second-order valence-corrected chi connectivity index (χ2v) is 5.84. The molecule has 0 saturated heterocycles. The highest BCUT2D eigenvalue weighted by Gasteiger charge is 2.13. The van der Waals surface area contributed by atoms with Gasteiger partial charge in [-0.15, -0.1) is 0 Å². The zero-order valence-electron chi connectivity index (χ0n) is 10.7. The Labute approximate surface area is 108 Å². The van der Waals surface area contributed by atoms with Crippen molar-refractivity contribution in [1.29, 1.82) is 0 Å². The third kappa shape index (κ3) is 3.59. The highest BCUT2D eigenvalue weighted by molar-refractivity contribution is 7.89. The molecule has 102 valence electrons. The molecule has 0 aliphatic heterocycles. The Bertz CT molecular complexity index is 502. The predicted octanol–water partition coefficient (Wildman–Crippen LogP) is 0.624. The Morgan fingerprint density at radius 2 is 2.11 bits per heavy atom. The molecule has 4 N–H and O–H groups in total. The largest absolute Gasteiger partial charge is 0.397 e. The van der Waals surface area contributed by atoms with Crippen LogP contribution < -0.4 is 15.8 Å². The minimum absolute atomic E-state index is 0.0871. The van der Waals surface area contributed by atoms with E-state index in [1.807, 2.05) is 6.92 Å². The van der Waals surface area contributed by atoms with E-state index in [1.54, 1.807) is 13.2 Å². The highest BCUT2D eigenvalue weighted by Crippen LogP contribution is 2.23. The van der Waals surface area contributed by atoms with Gasteiger partial charge in [0.05, 0.1) is 22.9 Å². The number of methoxy groups -OCH3 is 1. The summed E-state index contributed by atoms with van der Waals surface area (Å²) in [7, 11) is -0.484. The average Bonchev–Trinajstić information content (AvgIpc) is 2.32. The van der Waals surface area contributed by atoms with Crippen LogP contribution in [0.4, 0.5) is 11.4 Å². The lowest BCUT2D eigenvalue weighted by Gasteiger charge is -2.16. The Kier molecular flexibility index (Phi) is 4.94. The number of ether oxygens (including phenoxy) is 1. The quantitative estimate of drug-likeness (QED) is 0.661. The van der Waals surface area contributed by atoms with Crippen molar-refractivity contribution in [3.05, 3.63) is 18.2 Å². The van der Waals surface area contributed by atoms with Crippen molar-refractivity contribution < 1.29 is 13.2 Å². The standard InChI is InChI=1S/C11H19N3O3S/c1-8(7-17-3)14-11-5-4-9(6-10(11)12)18(15,16)13-2/h4-6,8,13-14H,7,12H2,1-3H3. The van der Waals surface area contributed by atoms with E-state index < -0.39 is 10.0 Å². The number of rotatable bonds is 6. The SMILES string of the molecule is CNS(=O)(=O)c1ccc(NC(C)COC)c(N)c1. The zero-order valence-corrected chi connectivity index (χ0v) is 11.5. The molecular formula is C11H19N3O3S. The van der Waals surface area contributed by atoms with Crippen molar-refractivity contribution >= 4 is 21.4 Å². The molecule has 0 saturated carbocycles. The molecule has 0 heterocycles. The van der Waals surface area contributed by atoms with Crippen molar-refractivity contribution in [2.45, 2.75) is 17.9 Å². The minimum atomic E-state index is -3.46. The van der Waals surface area contributed by atoms with E-state index in [1.165, 1.54) is 19.2 Å². The van der Waals surface area contributed by atoms with Crippen LogP contribution in [-0.2, 0) is 14.8 Å². The maximum Gasteiger partial charge on any atom is 0.240 e. The van der Waals surface area contributed by atoms with Crippen molar-refractivity contribution in [2.24, 2.45) is 0 Å². The first kappa shape index (κ1) is 14.7. The molecule has 0 bridgehead atoms. The lowest BCUT2D eigenvalue weighted by molar-refractivity contribution is 0.190. The number of nitrogens with two attached hydrogens (primary N) is 1. The van der Waals surface area contributed by atoms with Crippen molar-refractivity contribution in [3.63, 3.8) is 0 Å². The summed E-state index contributed by atoms with van der Waals surface area (Å²) in [5.74, 6) is 0. The number of nitrogens with one attached hydrogen (secondary N) is 2. The first-order chi connectivity index (χ1) is 8.40. The fourth-order valence-corrected chi connectivity index (χ4v) is 2.28. The van der Waals surface area contributed by atoms with Gasteiger partial charge in [-0.05, 0) is 32.2 Å². The summed E-state index contributed by atoms with van der Waals surface area (Å²) >= 11 is 0. The van der Waals surface area contributed by atoms with Crippen LogP contribution in [-0.4, -0.2) is 35.2 Å². The molecule has 0 fully saturated rings. The van der Waals surface area contributed by atoms with Gasteiger partial charge in [0.1, 0.15) is 0 Å². The number of hydrogen-bond donors (Lipinski definition) is 3. The van der Waals surface area contributed by atoms with E-state index in [0.29, 0.717) is 18.0 Å². The zero-order chi connectivity index (χ0) is 13.8. The van der Waals surface area contributed by atoms with Gasteiger partial charge in [0.15, 0.2) is 0 Å². The molecule has 0 spiro atoms. The van der Waals surface area contributed by atoms with Gasteiger partial charge in [-0.2, -0.15) is 0 Å². The maximum atomic E-state index is 11.6. The average molecular weight is 273 g/mol. The summed E-state index contributed by atoms with van der Waals surface area (Å²) in [6, 6.07) is 4.66. The molecule has 0 aromatic heterocycles. The van der Waals surface area contributed by atoms with Crippen LogP contribution in [0.15, 0.2) is 23.1 Å². The monoisotopic (exact) mass is 273 g/mol. The summed E-state index contributed by atoms with van der Waals surface area (Å²) in [5.41, 5.74) is 6.89. The predicted molar refractivity (Wildman–Crippen MR) is 72.1 cm³/mol. The van der Waals surface area contributed by atoms with Crippen LogP contribution >= 0.6 is 0 Å². The number of nitrogen functional groups attached to an aromatic ring is 1. The Balaban J connectivity index is 2.93. The summed E-state index contributed by atoms with van der Waals surface area (Å²) in [6.07, 6.45) is 0. The third-order valence-electron chi connectivity index (χ3n) is 2.42. The van der Waals surface area contributed by atoms with Gasteiger partial charge in [0.2, 0.25) is 10.0 Å². The highest BCUT2D eigenvalue weighted by atomic mass is 32.2. The van der Waals surface area contributed by atoms with E-state index in [2.05, 4.69) is 10.0 Å². The Morgan fingerprint density at radius 1 is 1.44 bits per heavy atom. The second-order valence-electron chi connectivity index (χ2n) is 3.96. The van der Waals surface area contributed by atoms with Gasteiger partial charge in [0, 0.05) is 13.2 Å². The molecule has 0 aliphatic carbocycles. The fourth-order valence-electron chi connectivity index (χ4n) is 1.51. The molecular weight excluding hydrogens is 254 g/mol. The van der Waals surface area contributed by atoms with Gasteiger partial charge in [-0.25, -0.2) is 13.1 Å². The number of hydrogen-bond acceptors (Lipinski definition) is 5. The number of benzene rings is 1. The van der Waals surface area contributed by atoms with E-state index in [9.17, 15) is 8.42 Å². The smallest absolute Gasteiger partial charge is 0.240 e. The summed E-state index contributed by atoms with van der Waals surface area (Å²) < 4.78 is 30.4. The van der Waals surface area contributed by atoms with Crippen molar-refractivity contribution in [2.75, 3.05) is 31.8 Å². The van der Waals surface area contributed by atoms with Crippen LogP contribution in [0.2, 0.25) is 0 Å². The molecule has 0 amide bonds. The first-order valence-corrected chi connectivity index (χ1v) is 6.97. The fraction of sp³-hybridized carbons (Fsp3) is 0.455. The van der Waals surface area contributed by atoms with E-state index in [0.717, 1.165) is 0 Å². The molecule has 18 heavy (non-hydrogen) atoms. The topological polar surface area (TPSA) is 93.5 Å². The van der Waals surface area contributed by atoms with Gasteiger partial charge in [-0.1, -0.05) is 0 Å². The molecule has 1 aromatic carbocycles. The molecule has 7 heteroatoms. The van der Waals surface area contributed by atoms with Crippen molar-refractivity contribution in [1.82, 2.24) is 4.72 Å². The summed E-state index contributed by atoms with van der Waals surface area (Å²) in [5, 5.41) is 3.14. The van der Waals surface area contributed by atoms with E-state index >= 15 is 0 Å². The second kappa shape index (κ2) is 6.03. The Hall–Kier alpha value is -1.31. The Morgan fingerprint density at radius 3 is 2.61 bits per heavy atom. The van der Waals surface area contributed by atoms with E-state index in [4.69, 9.17) is 10.5 Å². The van der Waals surface area contributed by atoms with Crippen LogP contribution in [0.1, 0.15) is 6.92 Å². The molecule has 6 nitrogen and oxygen atoms in total.